The zero-order valence-electron chi connectivity index (χ0n) is 27.4. The van der Waals surface area contributed by atoms with E-state index in [1.807, 2.05) is 41.5 Å². The number of fused-ring (bicyclic) bond motifs is 4. The lowest BCUT2D eigenvalue weighted by atomic mass is 9.98. The van der Waals surface area contributed by atoms with E-state index in [9.17, 15) is 23.9 Å². The number of aryl methyl sites for hydroxylation is 1. The number of nitrogens with one attached hydrogen (secondary N) is 1. The number of aliphatic hydroxyl groups excluding tert-OH is 2. The maximum Gasteiger partial charge on any atom is 0.257 e. The molecule has 1 amide bonds. The summed E-state index contributed by atoms with van der Waals surface area (Å²) in [5.74, 6) is 5.18. The summed E-state index contributed by atoms with van der Waals surface area (Å²) >= 11 is 0. The first kappa shape index (κ1) is 38.9. The van der Waals surface area contributed by atoms with Crippen LogP contribution in [0.25, 0.3) is 22.3 Å². The van der Waals surface area contributed by atoms with Crippen molar-refractivity contribution in [1.82, 2.24) is 19.9 Å². The number of hydrogen-bond acceptors (Lipinski definition) is 10. The fourth-order valence-corrected chi connectivity index (χ4v) is 4.65. The Hall–Kier alpha value is -4.17. The molecular formula is C32H47FN6O6. The second-order valence-corrected chi connectivity index (χ2v) is 9.22. The summed E-state index contributed by atoms with van der Waals surface area (Å²) in [6.07, 6.45) is 0.192. The first-order chi connectivity index (χ1) is 21.6. The van der Waals surface area contributed by atoms with Crippen LogP contribution in [0.1, 0.15) is 75.5 Å². The van der Waals surface area contributed by atoms with Gasteiger partial charge in [-0.3, -0.25) is 9.59 Å². The van der Waals surface area contributed by atoms with Crippen molar-refractivity contribution in [2.75, 3.05) is 20.3 Å². The van der Waals surface area contributed by atoms with Crippen molar-refractivity contribution in [3.63, 3.8) is 0 Å². The molecule has 0 radical (unpaired) electrons. The van der Waals surface area contributed by atoms with Gasteiger partial charge in [0.25, 0.3) is 5.56 Å². The predicted octanol–water partition coefficient (Wildman–Crippen LogP) is 2.91. The monoisotopic (exact) mass is 630 g/mol. The van der Waals surface area contributed by atoms with Crippen molar-refractivity contribution in [2.24, 2.45) is 11.6 Å². The average Bonchev–Trinajstić information content (AvgIpc) is 3.42. The Morgan fingerprint density at radius 1 is 1.20 bits per heavy atom. The van der Waals surface area contributed by atoms with Gasteiger partial charge in [-0.2, -0.15) is 0 Å². The highest BCUT2D eigenvalue weighted by Crippen LogP contribution is 2.37. The third kappa shape index (κ3) is 8.94. The summed E-state index contributed by atoms with van der Waals surface area (Å²) in [4.78, 5) is 40.8. The number of nitrogens with two attached hydrogens (primary N) is 2. The molecule has 3 aromatic rings. The number of benzene rings is 1. The van der Waals surface area contributed by atoms with Crippen LogP contribution in [-0.4, -0.2) is 57.2 Å². The molecule has 1 unspecified atom stereocenters. The molecule has 1 aliphatic heterocycles. The molecule has 0 fully saturated rings. The van der Waals surface area contributed by atoms with Crippen molar-refractivity contribution in [3.05, 3.63) is 74.1 Å². The standard InChI is InChI=1S/C26H29FN6O6.3C2H6/c1-13-3-15-17(8-32(29)7-14(28)6-30-24(37)11-35)18-9-33-22(25(18)31-21(15)5-20(13)27)4-16(23(36)10-34)19(12-39-2)26(33)38;3*1-2/h3-5,7,10,23,35-36H,6,8-9,11-12,28-29H2,1-2H3,(H,30,37);3*1-2H3/b14-7-;;;. The van der Waals surface area contributed by atoms with Crippen molar-refractivity contribution < 1.29 is 28.9 Å². The molecule has 0 saturated carbocycles. The SMILES string of the molecule is CC.CC.CC.COCc1c(C(O)C=O)cc2n(c1=O)Cc1c-2nc2cc(F)c(C)cc2c1CN(N)/C=C(\N)CNC(=O)CO. The second-order valence-electron chi connectivity index (χ2n) is 9.22. The van der Waals surface area contributed by atoms with Gasteiger partial charge in [0.05, 0.1) is 43.1 Å². The summed E-state index contributed by atoms with van der Waals surface area (Å²) in [5, 5.41) is 23.5. The molecule has 1 atom stereocenters. The van der Waals surface area contributed by atoms with Crippen LogP contribution in [0.4, 0.5) is 4.39 Å². The number of halogens is 1. The highest BCUT2D eigenvalue weighted by molar-refractivity contribution is 5.88. The highest BCUT2D eigenvalue weighted by Gasteiger charge is 2.30. The summed E-state index contributed by atoms with van der Waals surface area (Å²) < 4.78 is 21.2. The fraction of sp³-hybridized carbons (Fsp3) is 0.438. The molecule has 4 rings (SSSR count). The largest absolute Gasteiger partial charge is 0.399 e. The third-order valence-electron chi connectivity index (χ3n) is 6.52. The van der Waals surface area contributed by atoms with Gasteiger partial charge in [-0.1, -0.05) is 41.5 Å². The Morgan fingerprint density at radius 2 is 1.84 bits per heavy atom. The zero-order chi connectivity index (χ0) is 34.4. The van der Waals surface area contributed by atoms with E-state index in [2.05, 4.69) is 10.3 Å². The van der Waals surface area contributed by atoms with Crippen LogP contribution in [0, 0.1) is 12.7 Å². The van der Waals surface area contributed by atoms with Gasteiger partial charge in [-0.05, 0) is 30.2 Å². The number of amides is 1. The first-order valence-corrected chi connectivity index (χ1v) is 15.0. The quantitative estimate of drug-likeness (QED) is 0.0991. The number of carbonyl (C=O) groups is 2. The number of hydrazine groups is 1. The number of nitrogens with zero attached hydrogens (tertiary/aromatic N) is 3. The van der Waals surface area contributed by atoms with E-state index in [-0.39, 0.29) is 43.1 Å². The molecule has 1 aliphatic rings. The summed E-state index contributed by atoms with van der Waals surface area (Å²) in [7, 11) is 1.40. The molecule has 2 aromatic heterocycles. The van der Waals surface area contributed by atoms with E-state index in [0.29, 0.717) is 45.3 Å². The van der Waals surface area contributed by atoms with Crippen LogP contribution in [0.3, 0.4) is 0 Å². The molecule has 0 aliphatic carbocycles. The average molecular weight is 631 g/mol. The van der Waals surface area contributed by atoms with Crippen LogP contribution >= 0.6 is 0 Å². The molecule has 7 N–H and O–H groups in total. The van der Waals surface area contributed by atoms with E-state index in [4.69, 9.17) is 21.4 Å². The fourth-order valence-electron chi connectivity index (χ4n) is 4.65. The number of rotatable bonds is 10. The number of ether oxygens (including phenoxy) is 1. The Morgan fingerprint density at radius 3 is 2.42 bits per heavy atom. The van der Waals surface area contributed by atoms with Crippen LogP contribution in [0.5, 0.6) is 0 Å². The highest BCUT2D eigenvalue weighted by atomic mass is 19.1. The molecule has 1 aromatic carbocycles. The van der Waals surface area contributed by atoms with Crippen molar-refractivity contribution in [2.45, 2.75) is 74.3 Å². The van der Waals surface area contributed by atoms with Crippen molar-refractivity contribution in [1.29, 1.82) is 0 Å². The molecular weight excluding hydrogens is 583 g/mol. The Labute approximate surface area is 263 Å². The van der Waals surface area contributed by atoms with E-state index in [1.54, 1.807) is 13.0 Å². The number of methoxy groups -OCH3 is 1. The van der Waals surface area contributed by atoms with Crippen LogP contribution in [0.2, 0.25) is 0 Å². The Kier molecular flexibility index (Phi) is 16.1. The third-order valence-corrected chi connectivity index (χ3v) is 6.52. The first-order valence-electron chi connectivity index (χ1n) is 15.0. The summed E-state index contributed by atoms with van der Waals surface area (Å²) in [5.41, 5.74) is 8.77. The zero-order valence-corrected chi connectivity index (χ0v) is 27.4. The van der Waals surface area contributed by atoms with E-state index < -0.39 is 30.0 Å². The van der Waals surface area contributed by atoms with Crippen molar-refractivity contribution in [3.8, 4) is 11.4 Å². The van der Waals surface area contributed by atoms with Gasteiger partial charge >= 0.3 is 0 Å². The van der Waals surface area contributed by atoms with Gasteiger partial charge in [0.2, 0.25) is 5.91 Å². The van der Waals surface area contributed by atoms with Crippen molar-refractivity contribution >= 4 is 23.1 Å². The normalized spacial score (nSPS) is 11.9. The number of aliphatic hydroxyl groups is 2. The second kappa shape index (κ2) is 18.6. The number of pyridine rings is 2. The maximum absolute atomic E-state index is 14.6. The lowest BCUT2D eigenvalue weighted by Crippen LogP contribution is -2.33. The Bertz CT molecular complexity index is 1560. The molecule has 12 nitrogen and oxygen atoms in total. The van der Waals surface area contributed by atoms with E-state index >= 15 is 0 Å². The molecule has 0 spiro atoms. The van der Waals surface area contributed by atoms with Gasteiger partial charge < -0.3 is 40.4 Å². The van der Waals surface area contributed by atoms with Gasteiger partial charge in [0, 0.05) is 47.1 Å². The Balaban J connectivity index is 0.00000159. The maximum atomic E-state index is 14.6. The minimum atomic E-state index is -1.54. The van der Waals surface area contributed by atoms with Crippen LogP contribution in [0.15, 0.2) is 34.9 Å². The predicted molar refractivity (Wildman–Crippen MR) is 173 cm³/mol. The minimum absolute atomic E-state index is 0.0441. The molecule has 248 valence electrons. The number of aldehydes is 1. The lowest BCUT2D eigenvalue weighted by Gasteiger charge is -2.19. The van der Waals surface area contributed by atoms with Crippen LogP contribution < -0.4 is 22.5 Å². The number of aromatic nitrogens is 2. The topological polar surface area (TPSA) is 186 Å². The lowest BCUT2D eigenvalue weighted by molar-refractivity contribution is -0.123. The summed E-state index contributed by atoms with van der Waals surface area (Å²) in [6.45, 7) is 13.0. The van der Waals surface area contributed by atoms with Gasteiger partial charge in [-0.25, -0.2) is 15.2 Å². The minimum Gasteiger partial charge on any atom is -0.399 e. The molecule has 45 heavy (non-hydrogen) atoms. The van der Waals surface area contributed by atoms with Gasteiger partial charge in [-0.15, -0.1) is 0 Å². The number of carbonyl (C=O) groups excluding carboxylic acids is 2. The van der Waals surface area contributed by atoms with Gasteiger partial charge in [0.15, 0.2) is 6.29 Å². The molecule has 0 bridgehead atoms. The van der Waals surface area contributed by atoms with Gasteiger partial charge in [0.1, 0.15) is 18.5 Å². The number of hydrogen-bond donors (Lipinski definition) is 5. The molecule has 3 heterocycles. The van der Waals surface area contributed by atoms with E-state index in [0.717, 1.165) is 0 Å². The van der Waals surface area contributed by atoms with Crippen LogP contribution in [-0.2, 0) is 34.0 Å². The smallest absolute Gasteiger partial charge is 0.257 e. The summed E-state index contributed by atoms with van der Waals surface area (Å²) in [6, 6.07) is 4.47. The van der Waals surface area contributed by atoms with E-state index in [1.165, 1.54) is 35.0 Å². The molecule has 13 heteroatoms. The molecule has 0 saturated heterocycles.